The molecule has 1 aliphatic carbocycles. The van der Waals surface area contributed by atoms with E-state index in [4.69, 9.17) is 16.9 Å². The van der Waals surface area contributed by atoms with Gasteiger partial charge in [0, 0.05) is 12.2 Å². The van der Waals surface area contributed by atoms with Crippen molar-refractivity contribution in [1.82, 2.24) is 4.98 Å². The van der Waals surface area contributed by atoms with Crippen molar-refractivity contribution >= 4 is 17.4 Å². The van der Waals surface area contributed by atoms with Crippen molar-refractivity contribution in [3.8, 4) is 6.07 Å². The summed E-state index contributed by atoms with van der Waals surface area (Å²) in [5.41, 5.74) is 0.485. The first kappa shape index (κ1) is 14.1. The molecule has 0 bridgehead atoms. The predicted molar refractivity (Wildman–Crippen MR) is 78.2 cm³/mol. The molecule has 0 spiro atoms. The molecule has 1 aromatic heterocycles. The smallest absolute Gasteiger partial charge is 0.146 e. The van der Waals surface area contributed by atoms with Crippen LogP contribution < -0.4 is 5.32 Å². The van der Waals surface area contributed by atoms with Gasteiger partial charge in [-0.2, -0.15) is 5.26 Å². The predicted octanol–water partition coefficient (Wildman–Crippen LogP) is 4.38. The minimum atomic E-state index is 0.437. The van der Waals surface area contributed by atoms with Gasteiger partial charge in [0.1, 0.15) is 16.9 Å². The number of pyridine rings is 1. The fourth-order valence-corrected chi connectivity index (χ4v) is 3.04. The van der Waals surface area contributed by atoms with Crippen LogP contribution in [0.25, 0.3) is 0 Å². The maximum atomic E-state index is 8.95. The Balaban J connectivity index is 1.94. The van der Waals surface area contributed by atoms with E-state index in [-0.39, 0.29) is 0 Å². The molecule has 1 N–H and O–H groups in total. The summed E-state index contributed by atoms with van der Waals surface area (Å²) in [4.78, 5) is 4.24. The van der Waals surface area contributed by atoms with E-state index in [0.717, 1.165) is 5.92 Å². The minimum Gasteiger partial charge on any atom is -0.366 e. The van der Waals surface area contributed by atoms with Gasteiger partial charge in [-0.05, 0) is 37.7 Å². The molecule has 0 unspecified atom stereocenters. The van der Waals surface area contributed by atoms with Gasteiger partial charge >= 0.3 is 0 Å². The number of hydrogen-bond acceptors (Lipinski definition) is 3. The molecular weight excluding hydrogens is 258 g/mol. The number of rotatable bonds is 4. The molecule has 4 heteroatoms. The molecule has 1 aromatic rings. The second-order valence-corrected chi connectivity index (χ2v) is 5.66. The Labute approximate surface area is 120 Å². The third-order valence-corrected chi connectivity index (χ3v) is 4.28. The summed E-state index contributed by atoms with van der Waals surface area (Å²) in [7, 11) is 0. The summed E-state index contributed by atoms with van der Waals surface area (Å²) in [6.45, 7) is 2.25. The zero-order chi connectivity index (χ0) is 13.7. The van der Waals surface area contributed by atoms with E-state index in [1.54, 1.807) is 12.3 Å². The van der Waals surface area contributed by atoms with Gasteiger partial charge in [0.2, 0.25) is 0 Å². The van der Waals surface area contributed by atoms with Crippen molar-refractivity contribution in [2.24, 2.45) is 5.92 Å². The molecule has 2 rings (SSSR count). The van der Waals surface area contributed by atoms with Crippen molar-refractivity contribution in [1.29, 1.82) is 5.26 Å². The largest absolute Gasteiger partial charge is 0.366 e. The molecule has 0 aliphatic heterocycles. The Morgan fingerprint density at radius 3 is 2.79 bits per heavy atom. The summed E-state index contributed by atoms with van der Waals surface area (Å²) in [6.07, 6.45) is 9.15. The molecule has 0 aromatic carbocycles. The first-order chi connectivity index (χ1) is 9.24. The lowest BCUT2D eigenvalue weighted by Crippen LogP contribution is -2.26. The van der Waals surface area contributed by atoms with Gasteiger partial charge in [-0.3, -0.25) is 0 Å². The molecule has 1 fully saturated rings. The van der Waals surface area contributed by atoms with Gasteiger partial charge in [-0.1, -0.05) is 31.4 Å². The lowest BCUT2D eigenvalue weighted by Gasteiger charge is -2.29. The zero-order valence-corrected chi connectivity index (χ0v) is 12.1. The first-order valence-corrected chi connectivity index (χ1v) is 7.43. The Morgan fingerprint density at radius 2 is 2.16 bits per heavy atom. The highest BCUT2D eigenvalue weighted by Gasteiger charge is 2.21. The van der Waals surface area contributed by atoms with E-state index in [1.165, 1.54) is 38.5 Å². The highest BCUT2D eigenvalue weighted by atomic mass is 35.5. The summed E-state index contributed by atoms with van der Waals surface area (Å²) in [5.74, 6) is 1.54. The second kappa shape index (κ2) is 6.77. The van der Waals surface area contributed by atoms with Crippen LogP contribution in [0.4, 0.5) is 5.82 Å². The number of nitriles is 1. The van der Waals surface area contributed by atoms with Crippen molar-refractivity contribution in [3.05, 3.63) is 22.8 Å². The number of anilines is 1. The lowest BCUT2D eigenvalue weighted by atomic mass is 9.83. The van der Waals surface area contributed by atoms with Crippen LogP contribution in [0, 0.1) is 17.2 Å². The van der Waals surface area contributed by atoms with E-state index in [0.29, 0.717) is 22.4 Å². The number of aromatic nitrogens is 1. The summed E-state index contributed by atoms with van der Waals surface area (Å²) >= 11 is 6.16. The second-order valence-electron chi connectivity index (χ2n) is 5.28. The van der Waals surface area contributed by atoms with Gasteiger partial charge in [0.25, 0.3) is 0 Å². The number of hydrogen-bond donors (Lipinski definition) is 1. The average molecular weight is 278 g/mol. The van der Waals surface area contributed by atoms with Crippen molar-refractivity contribution < 1.29 is 0 Å². The Bertz CT molecular complexity index is 459. The fourth-order valence-electron chi connectivity index (χ4n) is 2.83. The SMILES string of the molecule is CCCC1CCC(Nc2nccc(C#N)c2Cl)CC1. The molecule has 1 aliphatic rings. The molecule has 19 heavy (non-hydrogen) atoms. The summed E-state index contributed by atoms with van der Waals surface area (Å²) in [5, 5.41) is 12.8. The maximum absolute atomic E-state index is 8.95. The Kier molecular flexibility index (Phi) is 5.04. The normalized spacial score (nSPS) is 22.8. The quantitative estimate of drug-likeness (QED) is 0.888. The Hall–Kier alpha value is -1.27. The molecule has 0 atom stereocenters. The van der Waals surface area contributed by atoms with Crippen LogP contribution in [0.15, 0.2) is 12.3 Å². The van der Waals surface area contributed by atoms with E-state index in [1.807, 2.05) is 0 Å². The van der Waals surface area contributed by atoms with Crippen molar-refractivity contribution in [2.45, 2.75) is 51.5 Å². The van der Waals surface area contributed by atoms with Crippen LogP contribution in [0.5, 0.6) is 0 Å². The van der Waals surface area contributed by atoms with Crippen LogP contribution >= 0.6 is 11.6 Å². The van der Waals surface area contributed by atoms with E-state index >= 15 is 0 Å². The van der Waals surface area contributed by atoms with Gasteiger partial charge in [0.05, 0.1) is 5.56 Å². The molecule has 0 amide bonds. The molecule has 102 valence electrons. The molecule has 1 heterocycles. The van der Waals surface area contributed by atoms with Gasteiger partial charge in [-0.15, -0.1) is 0 Å². The van der Waals surface area contributed by atoms with E-state index in [2.05, 4.69) is 23.3 Å². The molecule has 1 saturated carbocycles. The summed E-state index contributed by atoms with van der Waals surface area (Å²) in [6, 6.07) is 4.17. The third kappa shape index (κ3) is 3.61. The number of halogens is 1. The third-order valence-electron chi connectivity index (χ3n) is 3.89. The zero-order valence-electron chi connectivity index (χ0n) is 11.3. The minimum absolute atomic E-state index is 0.437. The van der Waals surface area contributed by atoms with Crippen LogP contribution in [0.2, 0.25) is 5.02 Å². The summed E-state index contributed by atoms with van der Waals surface area (Å²) < 4.78 is 0. The lowest BCUT2D eigenvalue weighted by molar-refractivity contribution is 0.318. The van der Waals surface area contributed by atoms with Crippen LogP contribution in [-0.2, 0) is 0 Å². The highest BCUT2D eigenvalue weighted by Crippen LogP contribution is 2.31. The first-order valence-electron chi connectivity index (χ1n) is 7.05. The highest BCUT2D eigenvalue weighted by molar-refractivity contribution is 6.34. The standard InChI is InChI=1S/C15H20ClN3/c1-2-3-11-4-6-13(7-5-11)19-15-14(16)12(10-17)8-9-18-15/h8-9,11,13H,2-7H2,1H3,(H,18,19). The van der Waals surface area contributed by atoms with Crippen molar-refractivity contribution in [2.75, 3.05) is 5.32 Å². The number of nitrogens with one attached hydrogen (secondary N) is 1. The van der Waals surface area contributed by atoms with Gasteiger partial charge < -0.3 is 5.32 Å². The van der Waals surface area contributed by atoms with Crippen LogP contribution in [0.1, 0.15) is 51.0 Å². The van der Waals surface area contributed by atoms with Gasteiger partial charge in [0.15, 0.2) is 0 Å². The molecule has 3 nitrogen and oxygen atoms in total. The Morgan fingerprint density at radius 1 is 1.42 bits per heavy atom. The average Bonchev–Trinajstić information content (AvgIpc) is 2.43. The molecular formula is C15H20ClN3. The maximum Gasteiger partial charge on any atom is 0.146 e. The van der Waals surface area contributed by atoms with E-state index in [9.17, 15) is 0 Å². The number of nitrogens with zero attached hydrogens (tertiary/aromatic N) is 2. The van der Waals surface area contributed by atoms with Crippen LogP contribution in [-0.4, -0.2) is 11.0 Å². The van der Waals surface area contributed by atoms with Crippen LogP contribution in [0.3, 0.4) is 0 Å². The topological polar surface area (TPSA) is 48.7 Å². The fraction of sp³-hybridized carbons (Fsp3) is 0.600. The molecule has 0 saturated heterocycles. The van der Waals surface area contributed by atoms with Crippen molar-refractivity contribution in [3.63, 3.8) is 0 Å². The van der Waals surface area contributed by atoms with E-state index < -0.39 is 0 Å². The van der Waals surface area contributed by atoms with Gasteiger partial charge in [-0.25, -0.2) is 4.98 Å². The molecule has 0 radical (unpaired) electrons. The monoisotopic (exact) mass is 277 g/mol.